The number of nitrogens with zero attached hydrogens (tertiary/aromatic N) is 2. The molecule has 1 atom stereocenters. The fraction of sp³-hybridized carbons (Fsp3) is 0.357. The van der Waals surface area contributed by atoms with Crippen molar-refractivity contribution in [2.45, 2.75) is 32.9 Å². The lowest BCUT2D eigenvalue weighted by atomic mass is 10.0. The van der Waals surface area contributed by atoms with Crippen molar-refractivity contribution in [3.05, 3.63) is 42.2 Å². The van der Waals surface area contributed by atoms with Gasteiger partial charge in [-0.25, -0.2) is 0 Å². The number of rotatable bonds is 4. The van der Waals surface area contributed by atoms with E-state index in [0.29, 0.717) is 0 Å². The Labute approximate surface area is 102 Å². The van der Waals surface area contributed by atoms with Gasteiger partial charge in [-0.1, -0.05) is 24.3 Å². The highest BCUT2D eigenvalue weighted by molar-refractivity contribution is 5.61. The van der Waals surface area contributed by atoms with Crippen LogP contribution in [0.25, 0.3) is 11.1 Å². The van der Waals surface area contributed by atoms with Gasteiger partial charge in [-0.05, 0) is 31.4 Å². The van der Waals surface area contributed by atoms with Crippen LogP contribution in [0.1, 0.15) is 19.4 Å². The Kier molecular flexibility index (Phi) is 3.59. The van der Waals surface area contributed by atoms with Crippen molar-refractivity contribution in [3.63, 3.8) is 0 Å². The highest BCUT2D eigenvalue weighted by atomic mass is 15.3. The van der Waals surface area contributed by atoms with Crippen molar-refractivity contribution in [3.8, 4) is 11.1 Å². The summed E-state index contributed by atoms with van der Waals surface area (Å²) in [7, 11) is 0. The molecular formula is C14H19N3. The molecule has 0 saturated heterocycles. The van der Waals surface area contributed by atoms with E-state index in [4.69, 9.17) is 5.73 Å². The molecule has 90 valence electrons. The summed E-state index contributed by atoms with van der Waals surface area (Å²) in [6, 6.07) is 8.76. The van der Waals surface area contributed by atoms with Gasteiger partial charge in [0.15, 0.2) is 0 Å². The van der Waals surface area contributed by atoms with E-state index in [1.54, 1.807) is 0 Å². The maximum absolute atomic E-state index is 5.78. The molecule has 1 aromatic heterocycles. The number of nitrogens with two attached hydrogens (primary N) is 1. The monoisotopic (exact) mass is 229 g/mol. The molecular weight excluding hydrogens is 210 g/mol. The van der Waals surface area contributed by atoms with E-state index in [-0.39, 0.29) is 6.04 Å². The normalized spacial score (nSPS) is 12.6. The fourth-order valence-corrected chi connectivity index (χ4v) is 1.89. The van der Waals surface area contributed by atoms with Crippen LogP contribution in [0.2, 0.25) is 0 Å². The first-order chi connectivity index (χ1) is 8.19. The van der Waals surface area contributed by atoms with Crippen LogP contribution in [0.4, 0.5) is 0 Å². The van der Waals surface area contributed by atoms with Gasteiger partial charge >= 0.3 is 0 Å². The molecule has 1 unspecified atom stereocenters. The number of benzene rings is 1. The zero-order chi connectivity index (χ0) is 12.3. The summed E-state index contributed by atoms with van der Waals surface area (Å²) in [4.78, 5) is 0. The van der Waals surface area contributed by atoms with E-state index in [9.17, 15) is 0 Å². The topological polar surface area (TPSA) is 43.8 Å². The zero-order valence-electron chi connectivity index (χ0n) is 10.4. The molecule has 0 spiro atoms. The van der Waals surface area contributed by atoms with Gasteiger partial charge in [-0.15, -0.1) is 0 Å². The molecule has 0 fully saturated rings. The van der Waals surface area contributed by atoms with Crippen LogP contribution in [0.15, 0.2) is 36.7 Å². The van der Waals surface area contributed by atoms with E-state index in [0.717, 1.165) is 13.0 Å². The van der Waals surface area contributed by atoms with Crippen molar-refractivity contribution in [2.24, 2.45) is 5.73 Å². The molecule has 2 aromatic rings. The number of aryl methyl sites for hydroxylation is 1. The summed E-state index contributed by atoms with van der Waals surface area (Å²) in [5, 5.41) is 4.28. The van der Waals surface area contributed by atoms with Gasteiger partial charge in [0.2, 0.25) is 0 Å². The average Bonchev–Trinajstić information content (AvgIpc) is 2.78. The van der Waals surface area contributed by atoms with E-state index in [1.165, 1.54) is 16.7 Å². The first-order valence-corrected chi connectivity index (χ1v) is 6.06. The van der Waals surface area contributed by atoms with Crippen LogP contribution in [-0.4, -0.2) is 15.8 Å². The molecule has 0 aliphatic rings. The third kappa shape index (κ3) is 2.94. The second kappa shape index (κ2) is 5.15. The van der Waals surface area contributed by atoms with Crippen molar-refractivity contribution >= 4 is 0 Å². The maximum Gasteiger partial charge on any atom is 0.0568 e. The number of hydrogen-bond donors (Lipinski definition) is 1. The third-order valence-corrected chi connectivity index (χ3v) is 2.80. The quantitative estimate of drug-likeness (QED) is 0.875. The van der Waals surface area contributed by atoms with Crippen LogP contribution >= 0.6 is 0 Å². The van der Waals surface area contributed by atoms with Crippen LogP contribution in [-0.2, 0) is 13.0 Å². The summed E-state index contributed by atoms with van der Waals surface area (Å²) >= 11 is 0. The fourth-order valence-electron chi connectivity index (χ4n) is 1.89. The minimum atomic E-state index is 0.212. The van der Waals surface area contributed by atoms with E-state index in [1.807, 2.05) is 17.8 Å². The Bertz CT molecular complexity index is 468. The highest BCUT2D eigenvalue weighted by Crippen LogP contribution is 2.19. The molecule has 1 aromatic carbocycles. The van der Waals surface area contributed by atoms with E-state index >= 15 is 0 Å². The van der Waals surface area contributed by atoms with Gasteiger partial charge in [0.05, 0.1) is 6.20 Å². The largest absolute Gasteiger partial charge is 0.328 e. The van der Waals surface area contributed by atoms with E-state index < -0.39 is 0 Å². The van der Waals surface area contributed by atoms with Crippen LogP contribution < -0.4 is 5.73 Å². The third-order valence-electron chi connectivity index (χ3n) is 2.80. The Morgan fingerprint density at radius 2 is 1.94 bits per heavy atom. The van der Waals surface area contributed by atoms with Crippen molar-refractivity contribution < 1.29 is 0 Å². The smallest absolute Gasteiger partial charge is 0.0568 e. The molecule has 17 heavy (non-hydrogen) atoms. The van der Waals surface area contributed by atoms with Crippen LogP contribution in [0, 0.1) is 0 Å². The standard InChI is InChI=1S/C14H19N3/c1-3-17-10-14(9-16-17)13-6-4-12(5-7-13)8-11(2)15/h4-7,9-11H,3,8,15H2,1-2H3. The van der Waals surface area contributed by atoms with Gasteiger partial charge in [0.1, 0.15) is 0 Å². The molecule has 1 heterocycles. The van der Waals surface area contributed by atoms with Crippen molar-refractivity contribution in [2.75, 3.05) is 0 Å². The zero-order valence-corrected chi connectivity index (χ0v) is 10.4. The lowest BCUT2D eigenvalue weighted by Crippen LogP contribution is -2.17. The Morgan fingerprint density at radius 3 is 2.47 bits per heavy atom. The minimum absolute atomic E-state index is 0.212. The van der Waals surface area contributed by atoms with Gasteiger partial charge in [-0.2, -0.15) is 5.10 Å². The van der Waals surface area contributed by atoms with Crippen molar-refractivity contribution in [1.82, 2.24) is 9.78 Å². The highest BCUT2D eigenvalue weighted by Gasteiger charge is 2.02. The van der Waals surface area contributed by atoms with Gasteiger partial charge in [0.25, 0.3) is 0 Å². The maximum atomic E-state index is 5.78. The van der Waals surface area contributed by atoms with Gasteiger partial charge in [0, 0.05) is 24.3 Å². The molecule has 3 heteroatoms. The second-order valence-corrected chi connectivity index (χ2v) is 4.46. The molecule has 2 N–H and O–H groups in total. The van der Waals surface area contributed by atoms with Crippen molar-refractivity contribution in [1.29, 1.82) is 0 Å². The van der Waals surface area contributed by atoms with Crippen LogP contribution in [0.5, 0.6) is 0 Å². The van der Waals surface area contributed by atoms with Gasteiger partial charge < -0.3 is 5.73 Å². The Morgan fingerprint density at radius 1 is 1.24 bits per heavy atom. The SMILES string of the molecule is CCn1cc(-c2ccc(CC(C)N)cc2)cn1. The number of hydrogen-bond acceptors (Lipinski definition) is 2. The lowest BCUT2D eigenvalue weighted by Gasteiger charge is -2.05. The molecule has 3 nitrogen and oxygen atoms in total. The van der Waals surface area contributed by atoms with Crippen LogP contribution in [0.3, 0.4) is 0 Å². The molecule has 2 rings (SSSR count). The summed E-state index contributed by atoms with van der Waals surface area (Å²) in [5.41, 5.74) is 9.44. The average molecular weight is 229 g/mol. The van der Waals surface area contributed by atoms with E-state index in [2.05, 4.69) is 42.5 Å². The summed E-state index contributed by atoms with van der Waals surface area (Å²) in [5.74, 6) is 0. The second-order valence-electron chi connectivity index (χ2n) is 4.46. The molecule has 0 aliphatic carbocycles. The molecule has 0 amide bonds. The molecule has 0 saturated carbocycles. The first kappa shape index (κ1) is 11.9. The predicted molar refractivity (Wildman–Crippen MR) is 70.7 cm³/mol. The number of aromatic nitrogens is 2. The summed E-state index contributed by atoms with van der Waals surface area (Å²) in [6.07, 6.45) is 4.90. The minimum Gasteiger partial charge on any atom is -0.328 e. The molecule has 0 bridgehead atoms. The molecule has 0 radical (unpaired) electrons. The predicted octanol–water partition coefficient (Wildman–Crippen LogP) is 2.46. The molecule has 0 aliphatic heterocycles. The summed E-state index contributed by atoms with van der Waals surface area (Å²) in [6.45, 7) is 5.02. The first-order valence-electron chi connectivity index (χ1n) is 6.06. The van der Waals surface area contributed by atoms with Gasteiger partial charge in [-0.3, -0.25) is 4.68 Å². The summed E-state index contributed by atoms with van der Waals surface area (Å²) < 4.78 is 1.94. The Balaban J connectivity index is 2.17. The Hall–Kier alpha value is -1.61. The lowest BCUT2D eigenvalue weighted by molar-refractivity contribution is 0.660.